The number of unbranched alkanes of at least 4 members (excludes halogenated alkanes) is 4. The van der Waals surface area contributed by atoms with Gasteiger partial charge in [0.1, 0.15) is 11.1 Å². The molecule has 0 radical (unpaired) electrons. The predicted octanol–water partition coefficient (Wildman–Crippen LogP) is 4.79. The fourth-order valence-corrected chi connectivity index (χ4v) is 3.40. The van der Waals surface area contributed by atoms with E-state index in [4.69, 9.17) is 0 Å². The fraction of sp³-hybridized carbons (Fsp3) is 0.625. The van der Waals surface area contributed by atoms with Gasteiger partial charge in [0, 0.05) is 11.3 Å². The molecule has 1 N–H and O–H groups in total. The first kappa shape index (κ1) is 16.7. The van der Waals surface area contributed by atoms with Gasteiger partial charge in [-0.05, 0) is 25.3 Å². The number of nitriles is 1. The van der Waals surface area contributed by atoms with E-state index in [9.17, 15) is 10.1 Å². The van der Waals surface area contributed by atoms with Gasteiger partial charge in [0.15, 0.2) is 0 Å². The third kappa shape index (κ3) is 4.64. The molecule has 20 heavy (non-hydrogen) atoms. The number of anilines is 1. The van der Waals surface area contributed by atoms with Crippen LogP contribution in [0.2, 0.25) is 0 Å². The summed E-state index contributed by atoms with van der Waals surface area (Å²) < 4.78 is 0. The van der Waals surface area contributed by atoms with Crippen molar-refractivity contribution in [3.05, 3.63) is 16.0 Å². The molecule has 0 bridgehead atoms. The molecule has 0 aromatic carbocycles. The average molecular weight is 292 g/mol. The van der Waals surface area contributed by atoms with Crippen LogP contribution >= 0.6 is 11.3 Å². The number of nitrogens with zero attached hydrogens (tertiary/aromatic N) is 1. The molecule has 1 rings (SSSR count). The summed E-state index contributed by atoms with van der Waals surface area (Å²) in [4.78, 5) is 13.0. The molecule has 1 heterocycles. The molecule has 0 aliphatic heterocycles. The van der Waals surface area contributed by atoms with Crippen molar-refractivity contribution in [2.45, 2.75) is 65.7 Å². The number of hydrogen-bond acceptors (Lipinski definition) is 3. The Balaban J connectivity index is 2.52. The Bertz CT molecular complexity index is 485. The normalized spacial score (nSPS) is 10.3. The Labute approximate surface area is 126 Å². The molecule has 4 heteroatoms. The van der Waals surface area contributed by atoms with E-state index in [1.165, 1.54) is 30.6 Å². The summed E-state index contributed by atoms with van der Waals surface area (Å²) in [5.41, 5.74) is 1.71. The number of rotatable bonds is 8. The number of thiophene rings is 1. The Kier molecular flexibility index (Phi) is 7.32. The molecular formula is C16H24N2OS. The quantitative estimate of drug-likeness (QED) is 0.700. The smallest absolute Gasteiger partial charge is 0.225 e. The van der Waals surface area contributed by atoms with E-state index >= 15 is 0 Å². The Morgan fingerprint density at radius 1 is 1.25 bits per heavy atom. The van der Waals surface area contributed by atoms with Crippen molar-refractivity contribution in [1.29, 1.82) is 5.26 Å². The first-order valence-corrected chi connectivity index (χ1v) is 8.27. The highest BCUT2D eigenvalue weighted by Crippen LogP contribution is 2.32. The maximum atomic E-state index is 11.9. The van der Waals surface area contributed by atoms with Gasteiger partial charge in [0.2, 0.25) is 5.91 Å². The Hall–Kier alpha value is -1.34. The number of nitrogens with one attached hydrogen (secondary N) is 1. The largest absolute Gasteiger partial charge is 0.317 e. The summed E-state index contributed by atoms with van der Waals surface area (Å²) in [5, 5.41) is 12.9. The number of carbonyl (C=O) groups is 1. The standard InChI is InChI=1S/C16H24N2OS/c1-4-6-7-8-9-10-15(19)18-16-14(11-17)13(5-2)12(3)20-16/h4-10H2,1-3H3,(H,18,19). The van der Waals surface area contributed by atoms with Crippen LogP contribution in [0, 0.1) is 18.3 Å². The van der Waals surface area contributed by atoms with Gasteiger partial charge >= 0.3 is 0 Å². The minimum Gasteiger partial charge on any atom is -0.317 e. The van der Waals surface area contributed by atoms with Crippen LogP contribution < -0.4 is 5.32 Å². The van der Waals surface area contributed by atoms with Crippen LogP contribution in [0.15, 0.2) is 0 Å². The van der Waals surface area contributed by atoms with Gasteiger partial charge < -0.3 is 5.32 Å². The zero-order chi connectivity index (χ0) is 15.0. The van der Waals surface area contributed by atoms with Gasteiger partial charge in [-0.25, -0.2) is 0 Å². The summed E-state index contributed by atoms with van der Waals surface area (Å²) >= 11 is 1.51. The van der Waals surface area contributed by atoms with Crippen LogP contribution in [-0.4, -0.2) is 5.91 Å². The molecule has 0 aliphatic rings. The minimum absolute atomic E-state index is 0.0295. The number of amides is 1. The summed E-state index contributed by atoms with van der Waals surface area (Å²) in [6.07, 6.45) is 7.07. The second-order valence-corrected chi connectivity index (χ2v) is 6.24. The van der Waals surface area contributed by atoms with Crippen molar-refractivity contribution in [3.8, 4) is 6.07 Å². The number of aryl methyl sites for hydroxylation is 1. The van der Waals surface area contributed by atoms with Crippen LogP contribution in [0.3, 0.4) is 0 Å². The summed E-state index contributed by atoms with van der Waals surface area (Å²) in [6, 6.07) is 2.22. The lowest BCUT2D eigenvalue weighted by Crippen LogP contribution is -2.11. The fourth-order valence-electron chi connectivity index (χ4n) is 2.29. The van der Waals surface area contributed by atoms with Crippen LogP contribution in [0.1, 0.15) is 68.4 Å². The van der Waals surface area contributed by atoms with E-state index < -0.39 is 0 Å². The van der Waals surface area contributed by atoms with Crippen LogP contribution in [0.4, 0.5) is 5.00 Å². The van der Waals surface area contributed by atoms with Gasteiger partial charge in [0.05, 0.1) is 5.56 Å². The zero-order valence-corrected chi connectivity index (χ0v) is 13.5. The highest BCUT2D eigenvalue weighted by atomic mass is 32.1. The van der Waals surface area contributed by atoms with Crippen molar-refractivity contribution in [2.75, 3.05) is 5.32 Å². The number of carbonyl (C=O) groups excluding carboxylic acids is 1. The van der Waals surface area contributed by atoms with E-state index in [2.05, 4.69) is 18.3 Å². The average Bonchev–Trinajstić information content (AvgIpc) is 2.73. The third-order valence-electron chi connectivity index (χ3n) is 3.43. The first-order valence-electron chi connectivity index (χ1n) is 7.46. The van der Waals surface area contributed by atoms with Gasteiger partial charge in [0.25, 0.3) is 0 Å². The van der Waals surface area contributed by atoms with E-state index in [0.717, 1.165) is 34.7 Å². The van der Waals surface area contributed by atoms with E-state index in [-0.39, 0.29) is 5.91 Å². The molecule has 0 fully saturated rings. The van der Waals surface area contributed by atoms with E-state index in [0.29, 0.717) is 12.0 Å². The van der Waals surface area contributed by atoms with Crippen LogP contribution in [0.25, 0.3) is 0 Å². The Morgan fingerprint density at radius 3 is 2.55 bits per heavy atom. The summed E-state index contributed by atoms with van der Waals surface area (Å²) in [5.74, 6) is 0.0295. The predicted molar refractivity (Wildman–Crippen MR) is 85.2 cm³/mol. The first-order chi connectivity index (χ1) is 9.63. The third-order valence-corrected chi connectivity index (χ3v) is 4.50. The zero-order valence-electron chi connectivity index (χ0n) is 12.7. The molecule has 0 atom stereocenters. The van der Waals surface area contributed by atoms with Crippen molar-refractivity contribution in [3.63, 3.8) is 0 Å². The molecule has 1 aromatic rings. The van der Waals surface area contributed by atoms with E-state index in [1.54, 1.807) is 0 Å². The Morgan fingerprint density at radius 2 is 1.95 bits per heavy atom. The molecule has 3 nitrogen and oxygen atoms in total. The second-order valence-electron chi connectivity index (χ2n) is 5.02. The van der Waals surface area contributed by atoms with E-state index in [1.807, 2.05) is 13.8 Å². The monoisotopic (exact) mass is 292 g/mol. The minimum atomic E-state index is 0.0295. The lowest BCUT2D eigenvalue weighted by atomic mass is 10.1. The summed E-state index contributed by atoms with van der Waals surface area (Å²) in [6.45, 7) is 6.22. The summed E-state index contributed by atoms with van der Waals surface area (Å²) in [7, 11) is 0. The highest BCUT2D eigenvalue weighted by molar-refractivity contribution is 7.16. The van der Waals surface area contributed by atoms with Crippen LogP contribution in [0.5, 0.6) is 0 Å². The molecule has 0 saturated heterocycles. The molecule has 1 amide bonds. The van der Waals surface area contributed by atoms with Crippen molar-refractivity contribution >= 4 is 22.2 Å². The van der Waals surface area contributed by atoms with Crippen molar-refractivity contribution in [2.24, 2.45) is 0 Å². The molecule has 0 aliphatic carbocycles. The van der Waals surface area contributed by atoms with Gasteiger partial charge in [-0.15, -0.1) is 11.3 Å². The lowest BCUT2D eigenvalue weighted by molar-refractivity contribution is -0.116. The number of hydrogen-bond donors (Lipinski definition) is 1. The molecule has 0 saturated carbocycles. The molecule has 1 aromatic heterocycles. The van der Waals surface area contributed by atoms with Gasteiger partial charge in [-0.1, -0.05) is 39.5 Å². The highest BCUT2D eigenvalue weighted by Gasteiger charge is 2.15. The van der Waals surface area contributed by atoms with Crippen molar-refractivity contribution in [1.82, 2.24) is 0 Å². The van der Waals surface area contributed by atoms with Crippen molar-refractivity contribution < 1.29 is 4.79 Å². The second kappa shape index (κ2) is 8.76. The molecule has 0 unspecified atom stereocenters. The van der Waals surface area contributed by atoms with Gasteiger partial charge in [-0.3, -0.25) is 4.79 Å². The lowest BCUT2D eigenvalue weighted by Gasteiger charge is -2.03. The maximum Gasteiger partial charge on any atom is 0.225 e. The van der Waals surface area contributed by atoms with Gasteiger partial charge in [-0.2, -0.15) is 5.26 Å². The SMILES string of the molecule is CCCCCCCC(=O)Nc1sc(C)c(CC)c1C#N. The molecule has 0 spiro atoms. The molecule has 110 valence electrons. The van der Waals surface area contributed by atoms with Crippen LogP contribution in [-0.2, 0) is 11.2 Å². The molecular weight excluding hydrogens is 268 g/mol. The topological polar surface area (TPSA) is 52.9 Å². The maximum absolute atomic E-state index is 11.9.